The van der Waals surface area contributed by atoms with Gasteiger partial charge in [0, 0.05) is 32.1 Å². The number of hydrogen-bond acceptors (Lipinski definition) is 3. The van der Waals surface area contributed by atoms with Crippen LogP contribution in [0.2, 0.25) is 0 Å². The maximum Gasteiger partial charge on any atom is 0.231 e. The zero-order valence-electron chi connectivity index (χ0n) is 7.98. The summed E-state index contributed by atoms with van der Waals surface area (Å²) >= 11 is 0. The lowest BCUT2D eigenvalue weighted by molar-refractivity contribution is -0.127. The summed E-state index contributed by atoms with van der Waals surface area (Å²) in [6.45, 7) is 8.46. The van der Waals surface area contributed by atoms with Crippen LogP contribution in [0.5, 0.6) is 0 Å². The Kier molecular flexibility index (Phi) is 2.69. The van der Waals surface area contributed by atoms with Gasteiger partial charge in [-0.05, 0) is 13.8 Å². The minimum absolute atomic E-state index is 0.00461. The molecule has 0 aliphatic carbocycles. The molecule has 4 heteroatoms. The number of carbonyl (C=O) groups excluding carboxylic acids is 1. The van der Waals surface area contributed by atoms with E-state index in [9.17, 15) is 4.79 Å². The summed E-state index contributed by atoms with van der Waals surface area (Å²) in [4.78, 5) is 10.8. The van der Waals surface area contributed by atoms with Gasteiger partial charge in [0.15, 0.2) is 0 Å². The fourth-order valence-corrected chi connectivity index (χ4v) is 1.38. The summed E-state index contributed by atoms with van der Waals surface area (Å²) in [6.07, 6.45) is 0. The van der Waals surface area contributed by atoms with Crippen LogP contribution in [0.1, 0.15) is 20.8 Å². The first-order valence-electron chi connectivity index (χ1n) is 4.28. The van der Waals surface area contributed by atoms with Gasteiger partial charge in [0.2, 0.25) is 5.91 Å². The van der Waals surface area contributed by atoms with Gasteiger partial charge in [-0.1, -0.05) is 0 Å². The molecule has 1 aliphatic rings. The van der Waals surface area contributed by atoms with Crippen molar-refractivity contribution in [2.24, 2.45) is 0 Å². The average molecular weight is 171 g/mol. The number of rotatable bonds is 1. The van der Waals surface area contributed by atoms with E-state index >= 15 is 0 Å². The van der Waals surface area contributed by atoms with Gasteiger partial charge in [-0.3, -0.25) is 10.2 Å². The Morgan fingerprint density at radius 2 is 2.25 bits per heavy atom. The molecule has 70 valence electrons. The SMILES string of the molecule is CC(=O)NN1CCNCC1(C)C. The molecule has 4 nitrogen and oxygen atoms in total. The van der Waals surface area contributed by atoms with Crippen LogP contribution in [0, 0.1) is 0 Å². The Morgan fingerprint density at radius 3 is 2.75 bits per heavy atom. The molecular weight excluding hydrogens is 154 g/mol. The van der Waals surface area contributed by atoms with Crippen LogP contribution in [0.15, 0.2) is 0 Å². The number of amides is 1. The van der Waals surface area contributed by atoms with Crippen LogP contribution in [-0.4, -0.2) is 36.1 Å². The predicted octanol–water partition coefficient (Wildman–Crippen LogP) is -0.279. The highest BCUT2D eigenvalue weighted by atomic mass is 16.2. The number of carbonyl (C=O) groups is 1. The lowest BCUT2D eigenvalue weighted by atomic mass is 10.0. The lowest BCUT2D eigenvalue weighted by Crippen LogP contribution is -2.63. The van der Waals surface area contributed by atoms with E-state index in [2.05, 4.69) is 24.6 Å². The van der Waals surface area contributed by atoms with E-state index in [0.717, 1.165) is 19.6 Å². The molecule has 0 bridgehead atoms. The van der Waals surface area contributed by atoms with E-state index in [0.29, 0.717) is 0 Å². The molecule has 1 heterocycles. The Hall–Kier alpha value is -0.610. The summed E-state index contributed by atoms with van der Waals surface area (Å²) in [7, 11) is 0. The van der Waals surface area contributed by atoms with Gasteiger partial charge in [-0.25, -0.2) is 5.01 Å². The summed E-state index contributed by atoms with van der Waals surface area (Å²) < 4.78 is 0. The topological polar surface area (TPSA) is 44.4 Å². The van der Waals surface area contributed by atoms with Gasteiger partial charge >= 0.3 is 0 Å². The first-order valence-corrected chi connectivity index (χ1v) is 4.28. The van der Waals surface area contributed by atoms with Gasteiger partial charge in [-0.15, -0.1) is 0 Å². The molecule has 0 spiro atoms. The molecule has 1 fully saturated rings. The second-order valence-electron chi connectivity index (χ2n) is 3.81. The summed E-state index contributed by atoms with van der Waals surface area (Å²) in [6, 6.07) is 0. The molecule has 1 amide bonds. The Bertz CT molecular complexity index is 179. The first-order chi connectivity index (χ1) is 5.52. The van der Waals surface area contributed by atoms with Crippen molar-refractivity contribution in [3.8, 4) is 0 Å². The Labute approximate surface area is 73.3 Å². The van der Waals surface area contributed by atoms with E-state index in [-0.39, 0.29) is 11.4 Å². The van der Waals surface area contributed by atoms with E-state index in [4.69, 9.17) is 0 Å². The number of hydrazine groups is 1. The van der Waals surface area contributed by atoms with Gasteiger partial charge in [0.1, 0.15) is 0 Å². The molecule has 12 heavy (non-hydrogen) atoms. The summed E-state index contributed by atoms with van der Waals surface area (Å²) in [5.74, 6) is 0.00461. The summed E-state index contributed by atoms with van der Waals surface area (Å²) in [5, 5.41) is 5.28. The second-order valence-corrected chi connectivity index (χ2v) is 3.81. The van der Waals surface area contributed by atoms with E-state index in [1.54, 1.807) is 0 Å². The van der Waals surface area contributed by atoms with Crippen molar-refractivity contribution in [2.45, 2.75) is 26.3 Å². The summed E-state index contributed by atoms with van der Waals surface area (Å²) in [5.41, 5.74) is 2.84. The van der Waals surface area contributed by atoms with Crippen LogP contribution >= 0.6 is 0 Å². The van der Waals surface area contributed by atoms with Gasteiger partial charge in [0.25, 0.3) is 0 Å². The lowest BCUT2D eigenvalue weighted by Gasteiger charge is -2.42. The third-order valence-electron chi connectivity index (χ3n) is 2.09. The molecular formula is C8H17N3O. The fraction of sp³-hybridized carbons (Fsp3) is 0.875. The largest absolute Gasteiger partial charge is 0.313 e. The molecule has 2 N–H and O–H groups in total. The number of hydrogen-bond donors (Lipinski definition) is 2. The zero-order valence-corrected chi connectivity index (χ0v) is 7.98. The smallest absolute Gasteiger partial charge is 0.231 e. The molecule has 0 radical (unpaired) electrons. The molecule has 0 aromatic carbocycles. The van der Waals surface area contributed by atoms with Crippen LogP contribution in [0.3, 0.4) is 0 Å². The highest BCUT2D eigenvalue weighted by Gasteiger charge is 2.29. The Morgan fingerprint density at radius 1 is 1.58 bits per heavy atom. The fourth-order valence-electron chi connectivity index (χ4n) is 1.38. The van der Waals surface area contributed by atoms with Crippen LogP contribution in [0.25, 0.3) is 0 Å². The van der Waals surface area contributed by atoms with E-state index in [1.165, 1.54) is 6.92 Å². The second kappa shape index (κ2) is 3.41. The standard InChI is InChI=1S/C8H17N3O/c1-7(12)10-11-5-4-9-6-8(11,2)3/h9H,4-6H2,1-3H3,(H,10,12). The number of nitrogens with zero attached hydrogens (tertiary/aromatic N) is 1. The average Bonchev–Trinajstić information content (AvgIpc) is 1.92. The van der Waals surface area contributed by atoms with Crippen molar-refractivity contribution < 1.29 is 4.79 Å². The molecule has 1 saturated heterocycles. The van der Waals surface area contributed by atoms with Crippen molar-refractivity contribution in [3.05, 3.63) is 0 Å². The van der Waals surface area contributed by atoms with Crippen molar-refractivity contribution in [1.82, 2.24) is 15.8 Å². The number of piperazine rings is 1. The van der Waals surface area contributed by atoms with Crippen LogP contribution in [0.4, 0.5) is 0 Å². The van der Waals surface area contributed by atoms with Crippen LogP contribution < -0.4 is 10.7 Å². The quantitative estimate of drug-likeness (QED) is 0.570. The van der Waals surface area contributed by atoms with Crippen LogP contribution in [-0.2, 0) is 4.79 Å². The molecule has 0 unspecified atom stereocenters. The number of nitrogens with one attached hydrogen (secondary N) is 2. The van der Waals surface area contributed by atoms with E-state index in [1.807, 2.05) is 5.01 Å². The maximum absolute atomic E-state index is 10.8. The highest BCUT2D eigenvalue weighted by Crippen LogP contribution is 2.12. The Balaban J connectivity index is 2.54. The molecule has 0 saturated carbocycles. The molecule has 1 aliphatic heterocycles. The third kappa shape index (κ3) is 2.19. The molecule has 0 aromatic rings. The van der Waals surface area contributed by atoms with Gasteiger partial charge < -0.3 is 5.32 Å². The van der Waals surface area contributed by atoms with Crippen molar-refractivity contribution in [2.75, 3.05) is 19.6 Å². The first kappa shape index (κ1) is 9.48. The monoisotopic (exact) mass is 171 g/mol. The highest BCUT2D eigenvalue weighted by molar-refractivity contribution is 5.72. The minimum Gasteiger partial charge on any atom is -0.313 e. The third-order valence-corrected chi connectivity index (χ3v) is 2.09. The predicted molar refractivity (Wildman–Crippen MR) is 47.5 cm³/mol. The van der Waals surface area contributed by atoms with Gasteiger partial charge in [0.05, 0.1) is 0 Å². The van der Waals surface area contributed by atoms with Gasteiger partial charge in [-0.2, -0.15) is 0 Å². The molecule has 0 aromatic heterocycles. The minimum atomic E-state index is 0.00461. The van der Waals surface area contributed by atoms with Crippen molar-refractivity contribution >= 4 is 5.91 Å². The maximum atomic E-state index is 10.8. The zero-order chi connectivity index (χ0) is 9.19. The van der Waals surface area contributed by atoms with Crippen molar-refractivity contribution in [1.29, 1.82) is 0 Å². The normalized spacial score (nSPS) is 23.6. The molecule has 1 rings (SSSR count). The molecule has 0 atom stereocenters. The van der Waals surface area contributed by atoms with Crippen molar-refractivity contribution in [3.63, 3.8) is 0 Å². The van der Waals surface area contributed by atoms with E-state index < -0.39 is 0 Å².